The Morgan fingerprint density at radius 3 is 2.05 bits per heavy atom. The molecule has 0 fully saturated rings. The fourth-order valence-corrected chi connectivity index (χ4v) is 1.99. The number of hydrogen-bond acceptors (Lipinski definition) is 2. The normalized spacial score (nSPS) is 10.4. The predicted octanol–water partition coefficient (Wildman–Crippen LogP) is 3.86. The summed E-state index contributed by atoms with van der Waals surface area (Å²) in [5.74, 6) is -0.562. The minimum absolute atomic E-state index is 0.181. The average molecular weight is 262 g/mol. The summed E-state index contributed by atoms with van der Waals surface area (Å²) in [4.78, 5) is 22.2. The predicted molar refractivity (Wildman–Crippen MR) is 75.5 cm³/mol. The topological polar surface area (TPSA) is 54.4 Å². The molecular weight excluding hydrogens is 240 g/mol. The van der Waals surface area contributed by atoms with Gasteiger partial charge in [0.2, 0.25) is 0 Å². The van der Waals surface area contributed by atoms with Gasteiger partial charge in [-0.05, 0) is 24.8 Å². The van der Waals surface area contributed by atoms with Crippen LogP contribution < -0.4 is 0 Å². The Morgan fingerprint density at radius 2 is 1.53 bits per heavy atom. The summed E-state index contributed by atoms with van der Waals surface area (Å²) >= 11 is 0. The van der Waals surface area contributed by atoms with Crippen molar-refractivity contribution in [2.75, 3.05) is 0 Å². The van der Waals surface area contributed by atoms with Gasteiger partial charge in [0.1, 0.15) is 0 Å². The fraction of sp³-hybridized carbons (Fsp3) is 0.500. The van der Waals surface area contributed by atoms with Crippen molar-refractivity contribution in [3.8, 4) is 0 Å². The molecule has 1 aromatic rings. The number of aliphatic carboxylic acids is 1. The van der Waals surface area contributed by atoms with E-state index >= 15 is 0 Å². The molecule has 0 amide bonds. The van der Waals surface area contributed by atoms with Gasteiger partial charge in [0.15, 0.2) is 5.78 Å². The van der Waals surface area contributed by atoms with E-state index in [0.29, 0.717) is 12.8 Å². The molecule has 0 spiro atoms. The monoisotopic (exact) mass is 262 g/mol. The zero-order chi connectivity index (χ0) is 14.1. The maximum absolute atomic E-state index is 11.9. The van der Waals surface area contributed by atoms with Gasteiger partial charge in [-0.2, -0.15) is 0 Å². The highest BCUT2D eigenvalue weighted by atomic mass is 16.4. The molecule has 1 rings (SSSR count). The van der Waals surface area contributed by atoms with Gasteiger partial charge in [0.05, 0.1) is 0 Å². The van der Waals surface area contributed by atoms with Crippen LogP contribution in [-0.2, 0) is 11.2 Å². The van der Waals surface area contributed by atoms with Gasteiger partial charge in [-0.15, -0.1) is 0 Å². The lowest BCUT2D eigenvalue weighted by molar-refractivity contribution is -0.137. The Balaban J connectivity index is 2.21. The van der Waals surface area contributed by atoms with Crippen molar-refractivity contribution in [2.24, 2.45) is 0 Å². The number of carboxylic acids is 1. The largest absolute Gasteiger partial charge is 0.481 e. The second kappa shape index (κ2) is 8.46. The van der Waals surface area contributed by atoms with E-state index in [0.717, 1.165) is 31.2 Å². The van der Waals surface area contributed by atoms with E-state index in [1.54, 1.807) is 0 Å². The first-order valence-corrected chi connectivity index (χ1v) is 6.97. The smallest absolute Gasteiger partial charge is 0.303 e. The van der Waals surface area contributed by atoms with Crippen LogP contribution in [0, 0.1) is 0 Å². The van der Waals surface area contributed by atoms with Crippen LogP contribution in [0.2, 0.25) is 0 Å². The molecule has 0 bridgehead atoms. The first kappa shape index (κ1) is 15.4. The van der Waals surface area contributed by atoms with Gasteiger partial charge in [-0.25, -0.2) is 0 Å². The van der Waals surface area contributed by atoms with Gasteiger partial charge in [-0.3, -0.25) is 9.59 Å². The van der Waals surface area contributed by atoms with Crippen LogP contribution in [-0.4, -0.2) is 16.9 Å². The Morgan fingerprint density at radius 1 is 0.947 bits per heavy atom. The van der Waals surface area contributed by atoms with E-state index in [1.807, 2.05) is 24.3 Å². The van der Waals surface area contributed by atoms with E-state index in [4.69, 9.17) is 5.11 Å². The van der Waals surface area contributed by atoms with Gasteiger partial charge < -0.3 is 5.11 Å². The summed E-state index contributed by atoms with van der Waals surface area (Å²) in [5, 5.41) is 8.50. The number of carboxylic acid groups (broad SMARTS) is 1. The first-order chi connectivity index (χ1) is 9.13. The zero-order valence-corrected chi connectivity index (χ0v) is 11.5. The highest BCUT2D eigenvalue weighted by molar-refractivity contribution is 5.96. The molecule has 0 heterocycles. The number of ketones is 1. The summed E-state index contributed by atoms with van der Waals surface area (Å²) < 4.78 is 0. The van der Waals surface area contributed by atoms with Gasteiger partial charge in [0.25, 0.3) is 0 Å². The number of aryl methyl sites for hydroxylation is 1. The highest BCUT2D eigenvalue weighted by Crippen LogP contribution is 2.11. The first-order valence-electron chi connectivity index (χ1n) is 6.97. The Labute approximate surface area is 114 Å². The summed E-state index contributed by atoms with van der Waals surface area (Å²) in [7, 11) is 0. The second-order valence-electron chi connectivity index (χ2n) is 4.78. The summed E-state index contributed by atoms with van der Waals surface area (Å²) in [6, 6.07) is 7.79. The SMILES string of the molecule is CCc1ccc(C(=O)CCCCCCC(=O)O)cc1. The van der Waals surface area contributed by atoms with Crippen LogP contribution in [0.4, 0.5) is 0 Å². The molecular formula is C16H22O3. The molecule has 0 aromatic heterocycles. The van der Waals surface area contributed by atoms with Crippen molar-refractivity contribution >= 4 is 11.8 Å². The van der Waals surface area contributed by atoms with E-state index in [-0.39, 0.29) is 12.2 Å². The maximum Gasteiger partial charge on any atom is 0.303 e. The lowest BCUT2D eigenvalue weighted by atomic mass is 10.0. The van der Waals surface area contributed by atoms with Crippen molar-refractivity contribution in [2.45, 2.75) is 51.9 Å². The minimum atomic E-state index is -0.743. The molecule has 0 atom stereocenters. The fourth-order valence-electron chi connectivity index (χ4n) is 1.99. The number of hydrogen-bond donors (Lipinski definition) is 1. The molecule has 104 valence electrons. The molecule has 0 radical (unpaired) electrons. The third-order valence-corrected chi connectivity index (χ3v) is 3.23. The third-order valence-electron chi connectivity index (χ3n) is 3.23. The number of carbonyl (C=O) groups is 2. The van der Waals surface area contributed by atoms with Crippen molar-refractivity contribution in [1.29, 1.82) is 0 Å². The maximum atomic E-state index is 11.9. The molecule has 19 heavy (non-hydrogen) atoms. The minimum Gasteiger partial charge on any atom is -0.481 e. The van der Waals surface area contributed by atoms with E-state index in [9.17, 15) is 9.59 Å². The van der Waals surface area contributed by atoms with E-state index in [1.165, 1.54) is 5.56 Å². The van der Waals surface area contributed by atoms with Crippen molar-refractivity contribution in [3.63, 3.8) is 0 Å². The number of unbranched alkanes of at least 4 members (excludes halogenated alkanes) is 3. The summed E-state index contributed by atoms with van der Waals surface area (Å²) in [5.41, 5.74) is 2.02. The molecule has 3 nitrogen and oxygen atoms in total. The standard InChI is InChI=1S/C16H22O3/c1-2-13-9-11-14(12-10-13)15(17)7-5-3-4-6-8-16(18)19/h9-12H,2-8H2,1H3,(H,18,19). The van der Waals surface area contributed by atoms with Crippen molar-refractivity contribution in [1.82, 2.24) is 0 Å². The molecule has 3 heteroatoms. The number of carbonyl (C=O) groups excluding carboxylic acids is 1. The summed E-state index contributed by atoms with van der Waals surface area (Å²) in [6.07, 6.45) is 5.12. The van der Waals surface area contributed by atoms with Gasteiger partial charge in [-0.1, -0.05) is 44.0 Å². The van der Waals surface area contributed by atoms with Crippen LogP contribution >= 0.6 is 0 Å². The highest BCUT2D eigenvalue weighted by Gasteiger charge is 2.05. The molecule has 0 aliphatic carbocycles. The van der Waals surface area contributed by atoms with Crippen LogP contribution in [0.15, 0.2) is 24.3 Å². The average Bonchev–Trinajstić information content (AvgIpc) is 2.42. The van der Waals surface area contributed by atoms with E-state index < -0.39 is 5.97 Å². The van der Waals surface area contributed by atoms with Crippen LogP contribution in [0.25, 0.3) is 0 Å². The molecule has 0 unspecified atom stereocenters. The molecule has 0 aliphatic heterocycles. The molecule has 0 saturated heterocycles. The van der Waals surface area contributed by atoms with Crippen molar-refractivity contribution in [3.05, 3.63) is 35.4 Å². The Kier molecular flexibility index (Phi) is 6.86. The van der Waals surface area contributed by atoms with E-state index in [2.05, 4.69) is 6.92 Å². The lowest BCUT2D eigenvalue weighted by Crippen LogP contribution is -1.99. The number of benzene rings is 1. The lowest BCUT2D eigenvalue weighted by Gasteiger charge is -2.03. The summed E-state index contributed by atoms with van der Waals surface area (Å²) in [6.45, 7) is 2.09. The number of Topliss-reactive ketones (excluding diaryl/α,β-unsaturated/α-hetero) is 1. The van der Waals surface area contributed by atoms with Crippen LogP contribution in [0.1, 0.15) is 61.4 Å². The van der Waals surface area contributed by atoms with Crippen molar-refractivity contribution < 1.29 is 14.7 Å². The second-order valence-corrected chi connectivity index (χ2v) is 4.78. The van der Waals surface area contributed by atoms with Gasteiger partial charge in [0, 0.05) is 18.4 Å². The van der Waals surface area contributed by atoms with Gasteiger partial charge >= 0.3 is 5.97 Å². The van der Waals surface area contributed by atoms with Crippen LogP contribution in [0.5, 0.6) is 0 Å². The third kappa shape index (κ3) is 6.18. The zero-order valence-electron chi connectivity index (χ0n) is 11.5. The quantitative estimate of drug-likeness (QED) is 0.543. The molecule has 0 aliphatic rings. The molecule has 1 N–H and O–H groups in total. The molecule has 0 saturated carbocycles. The number of rotatable bonds is 9. The Bertz CT molecular complexity index is 407. The molecule has 1 aromatic carbocycles. The Hall–Kier alpha value is -1.64. The van der Waals surface area contributed by atoms with Crippen LogP contribution in [0.3, 0.4) is 0 Å².